The van der Waals surface area contributed by atoms with Crippen LogP contribution in [0.2, 0.25) is 0 Å². The van der Waals surface area contributed by atoms with Crippen LogP contribution in [0.5, 0.6) is 0 Å². The highest BCUT2D eigenvalue weighted by Gasteiger charge is 2.27. The van der Waals surface area contributed by atoms with Gasteiger partial charge in [-0.2, -0.15) is 8.78 Å². The summed E-state index contributed by atoms with van der Waals surface area (Å²) in [5, 5.41) is 2.64. The average Bonchev–Trinajstić information content (AvgIpc) is 2.74. The molecule has 1 N–H and O–H groups in total. The smallest absolute Gasteiger partial charge is 0.339 e. The van der Waals surface area contributed by atoms with Crippen molar-refractivity contribution in [2.24, 2.45) is 0 Å². The van der Waals surface area contributed by atoms with Crippen LogP contribution in [-0.4, -0.2) is 44.0 Å². The number of piperidine rings is 1. The summed E-state index contributed by atoms with van der Waals surface area (Å²) in [6, 6.07) is 10.8. The maximum Gasteiger partial charge on any atom is 0.341 e. The molecular weight excluding hydrogens is 402 g/mol. The van der Waals surface area contributed by atoms with E-state index in [1.54, 1.807) is 29.2 Å². The third-order valence-corrected chi connectivity index (χ3v) is 6.13. The van der Waals surface area contributed by atoms with Crippen molar-refractivity contribution >= 4 is 27.3 Å². The van der Waals surface area contributed by atoms with E-state index in [2.05, 4.69) is 5.32 Å². The Morgan fingerprint density at radius 1 is 0.931 bits per heavy atom. The first kappa shape index (κ1) is 20.9. The molecule has 9 heteroatoms. The van der Waals surface area contributed by atoms with Crippen molar-refractivity contribution in [3.05, 3.63) is 59.7 Å². The third-order valence-electron chi connectivity index (χ3n) is 4.73. The van der Waals surface area contributed by atoms with Crippen LogP contribution in [-0.2, 0) is 9.84 Å². The van der Waals surface area contributed by atoms with Crippen molar-refractivity contribution in [3.8, 4) is 0 Å². The lowest BCUT2D eigenvalue weighted by molar-refractivity contribution is 0.0725. The van der Waals surface area contributed by atoms with Crippen molar-refractivity contribution in [2.75, 3.05) is 18.4 Å². The standard InChI is InChI=1S/C20H20F2N2O4S/c21-20(22)29(27,28)15-10-8-14(9-11-15)18(25)23-17-7-3-2-6-16(17)19(26)24-12-4-1-5-13-24/h2-3,6-11,20H,1,4-5,12-13H2,(H,23,25). The van der Waals surface area contributed by atoms with Crippen molar-refractivity contribution in [1.82, 2.24) is 4.90 Å². The lowest BCUT2D eigenvalue weighted by Crippen LogP contribution is -2.36. The number of anilines is 1. The number of nitrogens with one attached hydrogen (secondary N) is 1. The second-order valence-electron chi connectivity index (χ2n) is 6.68. The van der Waals surface area contributed by atoms with Gasteiger partial charge in [-0.15, -0.1) is 0 Å². The van der Waals surface area contributed by atoms with Gasteiger partial charge in [0.1, 0.15) is 0 Å². The van der Waals surface area contributed by atoms with Gasteiger partial charge >= 0.3 is 5.76 Å². The van der Waals surface area contributed by atoms with Gasteiger partial charge in [0.15, 0.2) is 0 Å². The van der Waals surface area contributed by atoms with Gasteiger partial charge in [0.25, 0.3) is 11.8 Å². The molecule has 0 unspecified atom stereocenters. The molecular formula is C20H20F2N2O4S. The van der Waals surface area contributed by atoms with Gasteiger partial charge in [-0.25, -0.2) is 8.42 Å². The van der Waals surface area contributed by atoms with Gasteiger partial charge in [0.05, 0.1) is 16.1 Å². The maximum atomic E-state index is 12.8. The number of nitrogens with zero attached hydrogens (tertiary/aromatic N) is 1. The Morgan fingerprint density at radius 3 is 2.17 bits per heavy atom. The van der Waals surface area contributed by atoms with Crippen LogP contribution >= 0.6 is 0 Å². The largest absolute Gasteiger partial charge is 0.341 e. The number of para-hydroxylation sites is 1. The topological polar surface area (TPSA) is 83.6 Å². The SMILES string of the molecule is O=C(Nc1ccccc1C(=O)N1CCCCC1)c1ccc(S(=O)(=O)C(F)F)cc1. The molecule has 154 valence electrons. The monoisotopic (exact) mass is 422 g/mol. The first-order valence-electron chi connectivity index (χ1n) is 9.12. The summed E-state index contributed by atoms with van der Waals surface area (Å²) in [6.45, 7) is 1.34. The average molecular weight is 422 g/mol. The van der Waals surface area contributed by atoms with E-state index in [9.17, 15) is 26.8 Å². The van der Waals surface area contributed by atoms with Crippen molar-refractivity contribution < 1.29 is 26.8 Å². The van der Waals surface area contributed by atoms with Gasteiger partial charge < -0.3 is 10.2 Å². The highest BCUT2D eigenvalue weighted by Crippen LogP contribution is 2.22. The summed E-state index contributed by atoms with van der Waals surface area (Å²) in [6.07, 6.45) is 2.96. The predicted molar refractivity (Wildman–Crippen MR) is 104 cm³/mol. The van der Waals surface area contributed by atoms with Crippen LogP contribution in [0.4, 0.5) is 14.5 Å². The van der Waals surface area contributed by atoms with E-state index < -0.39 is 26.4 Å². The normalized spacial score (nSPS) is 14.7. The van der Waals surface area contributed by atoms with Crippen LogP contribution in [0.1, 0.15) is 40.0 Å². The second-order valence-corrected chi connectivity index (χ2v) is 8.60. The molecule has 1 saturated heterocycles. The predicted octanol–water partition coefficient (Wildman–Crippen LogP) is 3.56. The summed E-state index contributed by atoms with van der Waals surface area (Å²) in [4.78, 5) is 26.5. The number of hydrogen-bond donors (Lipinski definition) is 1. The summed E-state index contributed by atoms with van der Waals surface area (Å²) >= 11 is 0. The van der Waals surface area contributed by atoms with Crippen LogP contribution in [0.25, 0.3) is 0 Å². The van der Waals surface area contributed by atoms with E-state index in [1.807, 2.05) is 0 Å². The minimum atomic E-state index is -4.72. The zero-order chi connectivity index (χ0) is 21.0. The quantitative estimate of drug-likeness (QED) is 0.799. The number of amides is 2. The Hall–Kier alpha value is -2.81. The number of likely N-dealkylation sites (tertiary alicyclic amines) is 1. The van der Waals surface area contributed by atoms with Crippen molar-refractivity contribution in [3.63, 3.8) is 0 Å². The molecule has 2 aromatic carbocycles. The number of hydrogen-bond acceptors (Lipinski definition) is 4. The molecule has 0 spiro atoms. The van der Waals surface area contributed by atoms with E-state index in [4.69, 9.17) is 0 Å². The van der Waals surface area contributed by atoms with E-state index in [-0.39, 0.29) is 11.5 Å². The Kier molecular flexibility index (Phi) is 6.26. The fraction of sp³-hybridized carbons (Fsp3) is 0.300. The van der Waals surface area contributed by atoms with Gasteiger partial charge in [-0.3, -0.25) is 9.59 Å². The molecule has 0 aliphatic carbocycles. The molecule has 1 heterocycles. The molecule has 3 rings (SSSR count). The van der Waals surface area contributed by atoms with E-state index in [1.165, 1.54) is 0 Å². The number of benzene rings is 2. The Morgan fingerprint density at radius 2 is 1.55 bits per heavy atom. The number of sulfone groups is 1. The maximum absolute atomic E-state index is 12.8. The third kappa shape index (κ3) is 4.61. The van der Waals surface area contributed by atoms with Crippen molar-refractivity contribution in [1.29, 1.82) is 0 Å². The molecule has 6 nitrogen and oxygen atoms in total. The fourth-order valence-electron chi connectivity index (χ4n) is 3.14. The number of rotatable bonds is 5. The number of carbonyl (C=O) groups excluding carboxylic acids is 2. The minimum absolute atomic E-state index is 0.0819. The lowest BCUT2D eigenvalue weighted by atomic mass is 10.1. The molecule has 1 fully saturated rings. The first-order chi connectivity index (χ1) is 13.8. The Labute approximate surface area is 167 Å². The molecule has 1 aliphatic heterocycles. The molecule has 0 saturated carbocycles. The molecule has 2 aromatic rings. The Balaban J connectivity index is 1.78. The second kappa shape index (κ2) is 8.69. The zero-order valence-electron chi connectivity index (χ0n) is 15.5. The summed E-state index contributed by atoms with van der Waals surface area (Å²) in [5.74, 6) is -4.28. The highest BCUT2D eigenvalue weighted by atomic mass is 32.2. The summed E-state index contributed by atoms with van der Waals surface area (Å²) in [7, 11) is -4.72. The van der Waals surface area contributed by atoms with E-state index >= 15 is 0 Å². The van der Waals surface area contributed by atoms with Crippen LogP contribution in [0.3, 0.4) is 0 Å². The molecule has 0 atom stereocenters. The summed E-state index contributed by atoms with van der Waals surface area (Å²) in [5.41, 5.74) is 0.774. The van der Waals surface area contributed by atoms with Gasteiger partial charge in [-0.1, -0.05) is 12.1 Å². The number of carbonyl (C=O) groups is 2. The summed E-state index contributed by atoms with van der Waals surface area (Å²) < 4.78 is 48.2. The number of halogens is 2. The highest BCUT2D eigenvalue weighted by molar-refractivity contribution is 7.91. The van der Waals surface area contributed by atoms with Gasteiger partial charge in [0.2, 0.25) is 9.84 Å². The minimum Gasteiger partial charge on any atom is -0.339 e. The van der Waals surface area contributed by atoms with E-state index in [0.29, 0.717) is 24.3 Å². The molecule has 0 aromatic heterocycles. The molecule has 0 radical (unpaired) electrons. The van der Waals surface area contributed by atoms with E-state index in [0.717, 1.165) is 43.5 Å². The van der Waals surface area contributed by atoms with Gasteiger partial charge in [0, 0.05) is 18.7 Å². The Bertz CT molecular complexity index is 1000. The number of alkyl halides is 2. The van der Waals surface area contributed by atoms with Crippen LogP contribution in [0.15, 0.2) is 53.4 Å². The van der Waals surface area contributed by atoms with Crippen LogP contribution < -0.4 is 5.32 Å². The molecule has 1 aliphatic rings. The van der Waals surface area contributed by atoms with Gasteiger partial charge in [-0.05, 0) is 55.7 Å². The van der Waals surface area contributed by atoms with Crippen molar-refractivity contribution in [2.45, 2.75) is 29.9 Å². The zero-order valence-corrected chi connectivity index (χ0v) is 16.3. The molecule has 29 heavy (non-hydrogen) atoms. The van der Waals surface area contributed by atoms with Crippen LogP contribution in [0, 0.1) is 0 Å². The fourth-order valence-corrected chi connectivity index (χ4v) is 3.86. The molecule has 0 bridgehead atoms. The first-order valence-corrected chi connectivity index (χ1v) is 10.7. The molecule has 2 amide bonds. The lowest BCUT2D eigenvalue weighted by Gasteiger charge is -2.27.